The van der Waals surface area contributed by atoms with Gasteiger partial charge in [0.25, 0.3) is 0 Å². The maximum atomic E-state index is 9.33. The Hall–Kier alpha value is 0.660. The van der Waals surface area contributed by atoms with Crippen molar-refractivity contribution in [1.29, 1.82) is 0 Å². The summed E-state index contributed by atoms with van der Waals surface area (Å²) in [5.41, 5.74) is 0. The second-order valence-corrected chi connectivity index (χ2v) is 5.26. The molecule has 0 radical (unpaired) electrons. The Bertz CT molecular complexity index is 203. The number of thiocarbonyl (C=S) groups is 1. The van der Waals surface area contributed by atoms with Gasteiger partial charge in [0.2, 0.25) is 0 Å². The average Bonchev–Trinajstić information content (AvgIpc) is 2.03. The first-order valence-corrected chi connectivity index (χ1v) is 6.74. The van der Waals surface area contributed by atoms with E-state index in [1.807, 2.05) is 12.5 Å². The lowest BCUT2D eigenvalue weighted by Crippen LogP contribution is -1.96. The molecule has 0 aliphatic rings. The van der Waals surface area contributed by atoms with Crippen molar-refractivity contribution in [3.05, 3.63) is 0 Å². The Kier molecular flexibility index (Phi) is 10.4. The molecular formula is C4H10O4S4. The molecule has 1 N–H and O–H groups in total. The fourth-order valence-corrected chi connectivity index (χ4v) is 0.750. The minimum atomic E-state index is -4.16. The van der Waals surface area contributed by atoms with Crippen LogP contribution in [0.2, 0.25) is 0 Å². The smallest absolute Gasteiger partial charge is 0.264 e. The van der Waals surface area contributed by atoms with E-state index >= 15 is 0 Å². The Morgan fingerprint density at radius 2 is 1.67 bits per heavy atom. The maximum absolute atomic E-state index is 9.33. The van der Waals surface area contributed by atoms with Gasteiger partial charge in [0, 0.05) is 0 Å². The molecule has 0 aromatic carbocycles. The SMILES string of the molecule is COS(=O)(=O)O.CSC(=S)SC. The molecule has 0 unspecified atom stereocenters. The van der Waals surface area contributed by atoms with Crippen LogP contribution >= 0.6 is 35.7 Å². The van der Waals surface area contributed by atoms with Gasteiger partial charge >= 0.3 is 10.4 Å². The Balaban J connectivity index is 0. The fraction of sp³-hybridized carbons (Fsp3) is 0.750. The molecule has 0 saturated heterocycles. The lowest BCUT2D eigenvalue weighted by atomic mass is 11.8. The van der Waals surface area contributed by atoms with Crippen molar-refractivity contribution in [2.24, 2.45) is 0 Å². The molecule has 0 spiro atoms. The third kappa shape index (κ3) is 17.0. The van der Waals surface area contributed by atoms with Gasteiger partial charge in [-0.2, -0.15) is 8.42 Å². The first kappa shape index (κ1) is 15.1. The molecule has 0 fully saturated rings. The summed E-state index contributed by atoms with van der Waals surface area (Å²) < 4.78 is 30.7. The number of rotatable bonds is 1. The quantitative estimate of drug-likeness (QED) is 0.558. The van der Waals surface area contributed by atoms with E-state index in [2.05, 4.69) is 4.18 Å². The topological polar surface area (TPSA) is 63.6 Å². The van der Waals surface area contributed by atoms with Crippen molar-refractivity contribution in [3.63, 3.8) is 0 Å². The number of hydrogen-bond acceptors (Lipinski definition) is 6. The van der Waals surface area contributed by atoms with Crippen LogP contribution in [0.3, 0.4) is 0 Å². The average molecular weight is 250 g/mol. The summed E-state index contributed by atoms with van der Waals surface area (Å²) in [6.07, 6.45) is 3.97. The summed E-state index contributed by atoms with van der Waals surface area (Å²) >= 11 is 8.02. The highest BCUT2D eigenvalue weighted by atomic mass is 32.3. The van der Waals surface area contributed by atoms with Crippen molar-refractivity contribution in [3.8, 4) is 0 Å². The van der Waals surface area contributed by atoms with E-state index in [4.69, 9.17) is 16.8 Å². The first-order chi connectivity index (χ1) is 5.37. The molecule has 12 heavy (non-hydrogen) atoms. The van der Waals surface area contributed by atoms with E-state index in [-0.39, 0.29) is 0 Å². The van der Waals surface area contributed by atoms with E-state index in [0.29, 0.717) is 0 Å². The van der Waals surface area contributed by atoms with Crippen LogP contribution in [0.4, 0.5) is 0 Å². The standard InChI is InChI=1S/C3H6S3.CH4O4S/c1-5-3(4)6-2;1-5-6(2,3)4/h1-2H3;1H3,(H,2,3,4). The third-order valence-corrected chi connectivity index (χ3v) is 3.63. The van der Waals surface area contributed by atoms with Gasteiger partial charge in [0.05, 0.1) is 7.11 Å². The van der Waals surface area contributed by atoms with E-state index in [1.165, 1.54) is 0 Å². The van der Waals surface area contributed by atoms with Crippen LogP contribution in [-0.4, -0.2) is 36.1 Å². The molecule has 4 nitrogen and oxygen atoms in total. The van der Waals surface area contributed by atoms with Crippen molar-refractivity contribution in [2.75, 3.05) is 19.6 Å². The predicted octanol–water partition coefficient (Wildman–Crippen LogP) is 1.43. The van der Waals surface area contributed by atoms with E-state index < -0.39 is 10.4 Å². The van der Waals surface area contributed by atoms with Gasteiger partial charge in [-0.3, -0.25) is 8.74 Å². The van der Waals surface area contributed by atoms with Gasteiger partial charge in [-0.05, 0) is 12.5 Å². The highest BCUT2D eigenvalue weighted by Crippen LogP contribution is 2.08. The largest absolute Gasteiger partial charge is 0.397 e. The molecule has 8 heteroatoms. The lowest BCUT2D eigenvalue weighted by Gasteiger charge is -1.85. The Morgan fingerprint density at radius 1 is 1.42 bits per heavy atom. The minimum Gasteiger partial charge on any atom is -0.264 e. The monoisotopic (exact) mass is 250 g/mol. The predicted molar refractivity (Wildman–Crippen MR) is 58.2 cm³/mol. The summed E-state index contributed by atoms with van der Waals surface area (Å²) in [4.78, 5) is 0. The second kappa shape index (κ2) is 8.27. The Morgan fingerprint density at radius 3 is 1.67 bits per heavy atom. The van der Waals surface area contributed by atoms with Crippen molar-refractivity contribution in [2.45, 2.75) is 0 Å². The molecule has 74 valence electrons. The van der Waals surface area contributed by atoms with E-state index in [0.717, 1.165) is 10.6 Å². The molecule has 0 aromatic rings. The summed E-state index contributed by atoms with van der Waals surface area (Å²) in [5.74, 6) is 0. The van der Waals surface area contributed by atoms with Gasteiger partial charge < -0.3 is 0 Å². The van der Waals surface area contributed by atoms with Gasteiger partial charge in [-0.1, -0.05) is 12.2 Å². The van der Waals surface area contributed by atoms with Crippen LogP contribution in [0.5, 0.6) is 0 Å². The van der Waals surface area contributed by atoms with Crippen LogP contribution in [-0.2, 0) is 14.6 Å². The minimum absolute atomic E-state index is 0.870. The van der Waals surface area contributed by atoms with Crippen LogP contribution in [0.15, 0.2) is 0 Å². The van der Waals surface area contributed by atoms with Gasteiger partial charge in [0.15, 0.2) is 0 Å². The lowest BCUT2D eigenvalue weighted by molar-refractivity contribution is 0.324. The maximum Gasteiger partial charge on any atom is 0.397 e. The van der Waals surface area contributed by atoms with Crippen molar-refractivity contribution in [1.82, 2.24) is 0 Å². The van der Waals surface area contributed by atoms with Crippen molar-refractivity contribution >= 4 is 49.7 Å². The van der Waals surface area contributed by atoms with Gasteiger partial charge in [-0.25, -0.2) is 0 Å². The molecule has 0 aliphatic heterocycles. The van der Waals surface area contributed by atoms with Crippen molar-refractivity contribution < 1.29 is 17.2 Å². The summed E-state index contributed by atoms with van der Waals surface area (Å²) in [6.45, 7) is 0. The zero-order valence-corrected chi connectivity index (χ0v) is 10.1. The molecule has 0 rings (SSSR count). The normalized spacial score (nSPS) is 10.0. The van der Waals surface area contributed by atoms with Gasteiger partial charge in [0.1, 0.15) is 3.53 Å². The van der Waals surface area contributed by atoms with Gasteiger partial charge in [-0.15, -0.1) is 23.5 Å². The molecule has 0 heterocycles. The zero-order chi connectivity index (χ0) is 10.2. The van der Waals surface area contributed by atoms with E-state index in [9.17, 15) is 8.42 Å². The first-order valence-electron chi connectivity index (χ1n) is 2.52. The highest BCUT2D eigenvalue weighted by molar-refractivity contribution is 8.46. The molecule has 0 amide bonds. The summed E-state index contributed by atoms with van der Waals surface area (Å²) in [7, 11) is -3.29. The zero-order valence-electron chi connectivity index (χ0n) is 6.80. The fourth-order valence-electron chi connectivity index (χ4n) is 0.0833. The number of hydrogen-bond donors (Lipinski definition) is 1. The Labute approximate surface area is 86.4 Å². The molecule has 0 aromatic heterocycles. The molecule has 0 atom stereocenters. The van der Waals surface area contributed by atoms with Crippen LogP contribution in [0.1, 0.15) is 0 Å². The summed E-state index contributed by atoms with van der Waals surface area (Å²) in [6, 6.07) is 0. The van der Waals surface area contributed by atoms with Crippen LogP contribution < -0.4 is 0 Å². The summed E-state index contributed by atoms with van der Waals surface area (Å²) in [5, 5.41) is 0. The second-order valence-electron chi connectivity index (χ2n) is 1.25. The molecule has 0 saturated carbocycles. The van der Waals surface area contributed by atoms with Crippen LogP contribution in [0.25, 0.3) is 0 Å². The molecular weight excluding hydrogens is 240 g/mol. The third-order valence-electron chi connectivity index (χ3n) is 0.544. The molecule has 0 bridgehead atoms. The highest BCUT2D eigenvalue weighted by Gasteiger charge is 1.94. The molecule has 0 aliphatic carbocycles. The van der Waals surface area contributed by atoms with Crippen LogP contribution in [0, 0.1) is 0 Å². The number of thioether (sulfide) groups is 2. The van der Waals surface area contributed by atoms with E-state index in [1.54, 1.807) is 23.5 Å².